The lowest BCUT2D eigenvalue weighted by Crippen LogP contribution is -2.38. The number of ether oxygens (including phenoxy) is 1. The van der Waals surface area contributed by atoms with Gasteiger partial charge in [0.25, 0.3) is 0 Å². The van der Waals surface area contributed by atoms with Gasteiger partial charge in [-0.2, -0.15) is 0 Å². The molecular formula is C17H24O2. The Morgan fingerprint density at radius 3 is 2.58 bits per heavy atom. The van der Waals surface area contributed by atoms with Crippen LogP contribution < -0.4 is 4.74 Å². The van der Waals surface area contributed by atoms with Gasteiger partial charge in [0, 0.05) is 17.4 Å². The van der Waals surface area contributed by atoms with E-state index in [1.807, 2.05) is 6.07 Å². The minimum Gasteiger partial charge on any atom is -0.496 e. The van der Waals surface area contributed by atoms with Gasteiger partial charge in [-0.05, 0) is 31.2 Å². The van der Waals surface area contributed by atoms with E-state index in [0.29, 0.717) is 6.42 Å². The van der Waals surface area contributed by atoms with Crippen molar-refractivity contribution in [3.8, 4) is 5.75 Å². The van der Waals surface area contributed by atoms with Crippen LogP contribution in [-0.4, -0.2) is 13.4 Å². The SMILES string of the molecule is COc1ccc(C)cc1[C@]1(CC=O)CCCC1(C)C. The number of aryl methyl sites for hydroxylation is 1. The van der Waals surface area contributed by atoms with E-state index in [-0.39, 0.29) is 10.8 Å². The highest BCUT2D eigenvalue weighted by Crippen LogP contribution is 2.57. The Hall–Kier alpha value is -1.31. The molecule has 1 aromatic rings. The zero-order valence-electron chi connectivity index (χ0n) is 12.5. The van der Waals surface area contributed by atoms with Crippen molar-refractivity contribution in [1.29, 1.82) is 0 Å². The van der Waals surface area contributed by atoms with Gasteiger partial charge >= 0.3 is 0 Å². The van der Waals surface area contributed by atoms with Crippen LogP contribution in [0.2, 0.25) is 0 Å². The molecule has 2 heteroatoms. The number of benzene rings is 1. The highest BCUT2D eigenvalue weighted by Gasteiger charge is 2.50. The normalized spacial score (nSPS) is 25.3. The second-order valence-electron chi connectivity index (χ2n) is 6.39. The van der Waals surface area contributed by atoms with Gasteiger partial charge < -0.3 is 9.53 Å². The lowest BCUT2D eigenvalue weighted by Gasteiger charge is -2.42. The molecule has 1 aromatic carbocycles. The van der Waals surface area contributed by atoms with Gasteiger partial charge in [-0.25, -0.2) is 0 Å². The summed E-state index contributed by atoms with van der Waals surface area (Å²) in [6.07, 6.45) is 5.07. The first kappa shape index (κ1) is 14.1. The quantitative estimate of drug-likeness (QED) is 0.764. The Morgan fingerprint density at radius 1 is 1.32 bits per heavy atom. The lowest BCUT2D eigenvalue weighted by molar-refractivity contribution is -0.109. The van der Waals surface area contributed by atoms with Crippen molar-refractivity contribution in [2.45, 2.75) is 51.9 Å². The molecule has 0 unspecified atom stereocenters. The number of rotatable bonds is 4. The molecule has 0 heterocycles. The van der Waals surface area contributed by atoms with Crippen LogP contribution >= 0.6 is 0 Å². The fourth-order valence-corrected chi connectivity index (χ4v) is 3.74. The number of methoxy groups -OCH3 is 1. The molecule has 1 saturated carbocycles. The molecule has 1 atom stereocenters. The van der Waals surface area contributed by atoms with Crippen molar-refractivity contribution in [3.63, 3.8) is 0 Å². The third-order valence-electron chi connectivity index (χ3n) is 5.00. The van der Waals surface area contributed by atoms with Crippen molar-refractivity contribution in [1.82, 2.24) is 0 Å². The van der Waals surface area contributed by atoms with Gasteiger partial charge in [0.05, 0.1) is 7.11 Å². The van der Waals surface area contributed by atoms with E-state index in [4.69, 9.17) is 4.74 Å². The van der Waals surface area contributed by atoms with Crippen LogP contribution in [-0.2, 0) is 10.2 Å². The molecule has 0 saturated heterocycles. The van der Waals surface area contributed by atoms with Gasteiger partial charge in [-0.3, -0.25) is 0 Å². The molecule has 0 radical (unpaired) electrons. The van der Waals surface area contributed by atoms with Crippen LogP contribution in [0.5, 0.6) is 5.75 Å². The molecule has 1 aliphatic carbocycles. The molecule has 1 fully saturated rings. The maximum atomic E-state index is 11.3. The lowest BCUT2D eigenvalue weighted by atomic mass is 9.62. The third-order valence-corrected chi connectivity index (χ3v) is 5.00. The van der Waals surface area contributed by atoms with Gasteiger partial charge in [-0.15, -0.1) is 0 Å². The molecule has 104 valence electrons. The fraction of sp³-hybridized carbons (Fsp3) is 0.588. The summed E-state index contributed by atoms with van der Waals surface area (Å²) < 4.78 is 5.56. The van der Waals surface area contributed by atoms with Crippen molar-refractivity contribution in [3.05, 3.63) is 29.3 Å². The molecule has 0 bridgehead atoms. The molecule has 2 rings (SSSR count). The molecule has 0 aromatic heterocycles. The average Bonchev–Trinajstić information content (AvgIpc) is 2.66. The Labute approximate surface area is 116 Å². The fourth-order valence-electron chi connectivity index (χ4n) is 3.74. The van der Waals surface area contributed by atoms with Crippen LogP contribution in [0.4, 0.5) is 0 Å². The van der Waals surface area contributed by atoms with Crippen LogP contribution in [0.1, 0.15) is 50.7 Å². The van der Waals surface area contributed by atoms with Crippen LogP contribution in [0.15, 0.2) is 18.2 Å². The Kier molecular flexibility index (Phi) is 3.71. The first-order valence-electron chi connectivity index (χ1n) is 7.06. The summed E-state index contributed by atoms with van der Waals surface area (Å²) in [5, 5.41) is 0. The molecule has 1 aliphatic rings. The molecule has 2 nitrogen and oxygen atoms in total. The third kappa shape index (κ3) is 2.18. The highest BCUT2D eigenvalue weighted by atomic mass is 16.5. The minimum atomic E-state index is -0.0773. The van der Waals surface area contributed by atoms with E-state index in [2.05, 4.69) is 32.9 Å². The summed E-state index contributed by atoms with van der Waals surface area (Å²) in [4.78, 5) is 11.3. The number of hydrogen-bond donors (Lipinski definition) is 0. The highest BCUT2D eigenvalue weighted by molar-refractivity contribution is 5.57. The number of carbonyl (C=O) groups excluding carboxylic acids is 1. The largest absolute Gasteiger partial charge is 0.496 e. The van der Waals surface area contributed by atoms with Crippen LogP contribution in [0.3, 0.4) is 0 Å². The molecule has 0 N–H and O–H groups in total. The van der Waals surface area contributed by atoms with Crippen molar-refractivity contribution in [2.24, 2.45) is 5.41 Å². The second-order valence-corrected chi connectivity index (χ2v) is 6.39. The maximum Gasteiger partial charge on any atom is 0.122 e. The van der Waals surface area contributed by atoms with E-state index in [0.717, 1.165) is 24.9 Å². The summed E-state index contributed by atoms with van der Waals surface area (Å²) >= 11 is 0. The average molecular weight is 260 g/mol. The Morgan fingerprint density at radius 2 is 2.05 bits per heavy atom. The van der Waals surface area contributed by atoms with Crippen molar-refractivity contribution < 1.29 is 9.53 Å². The van der Waals surface area contributed by atoms with Gasteiger partial charge in [-0.1, -0.05) is 38.0 Å². The minimum absolute atomic E-state index is 0.0773. The van der Waals surface area contributed by atoms with Gasteiger partial charge in [0.1, 0.15) is 12.0 Å². The summed E-state index contributed by atoms with van der Waals surface area (Å²) in [5.41, 5.74) is 2.49. The first-order chi connectivity index (χ1) is 8.97. The maximum absolute atomic E-state index is 11.3. The smallest absolute Gasteiger partial charge is 0.122 e. The Balaban J connectivity index is 2.63. The summed E-state index contributed by atoms with van der Waals surface area (Å²) in [5.74, 6) is 0.919. The van der Waals surface area contributed by atoms with E-state index in [1.165, 1.54) is 17.5 Å². The van der Waals surface area contributed by atoms with Crippen LogP contribution in [0.25, 0.3) is 0 Å². The predicted octanol–water partition coefficient (Wildman–Crippen LogP) is 4.04. The number of carbonyl (C=O) groups is 1. The van der Waals surface area contributed by atoms with E-state index in [1.54, 1.807) is 7.11 Å². The second kappa shape index (κ2) is 4.99. The zero-order valence-corrected chi connectivity index (χ0v) is 12.5. The topological polar surface area (TPSA) is 26.3 Å². The number of aldehydes is 1. The van der Waals surface area contributed by atoms with Gasteiger partial charge in [0.15, 0.2) is 0 Å². The summed E-state index contributed by atoms with van der Waals surface area (Å²) in [7, 11) is 1.71. The van der Waals surface area contributed by atoms with Crippen molar-refractivity contribution in [2.75, 3.05) is 7.11 Å². The van der Waals surface area contributed by atoms with Gasteiger partial charge in [0.2, 0.25) is 0 Å². The van der Waals surface area contributed by atoms with Crippen molar-refractivity contribution >= 4 is 6.29 Å². The van der Waals surface area contributed by atoms with Crippen LogP contribution in [0, 0.1) is 12.3 Å². The molecule has 0 aliphatic heterocycles. The zero-order chi connectivity index (χ0) is 14.1. The predicted molar refractivity (Wildman–Crippen MR) is 77.7 cm³/mol. The summed E-state index contributed by atoms with van der Waals surface area (Å²) in [6.45, 7) is 6.66. The van der Waals surface area contributed by atoms with E-state index < -0.39 is 0 Å². The standard InChI is InChI=1S/C17H24O2/c1-13-6-7-15(19-4)14(12-13)17(10-11-18)9-5-8-16(17,2)3/h6-7,11-12H,5,8-10H2,1-4H3/t17-/m1/s1. The van der Waals surface area contributed by atoms with E-state index >= 15 is 0 Å². The first-order valence-corrected chi connectivity index (χ1v) is 7.06. The van der Waals surface area contributed by atoms with E-state index in [9.17, 15) is 4.79 Å². The monoisotopic (exact) mass is 260 g/mol. The summed E-state index contributed by atoms with van der Waals surface area (Å²) in [6, 6.07) is 6.31. The number of hydrogen-bond acceptors (Lipinski definition) is 2. The molecule has 19 heavy (non-hydrogen) atoms. The Bertz CT molecular complexity index is 476. The molecular weight excluding hydrogens is 236 g/mol. The molecule has 0 spiro atoms. The molecule has 0 amide bonds.